The minimum Gasteiger partial charge on any atom is -0.248 e. The second kappa shape index (κ2) is 9.11. The van der Waals surface area contributed by atoms with Crippen molar-refractivity contribution in [2.24, 2.45) is 0 Å². The SMILES string of the molecule is c1ccc(-c2ccc3cc(-c4ccc5ccc(-c6ccc7ccc8ccccc8c7n6)nc5c4)ccc3n2)cc1. The van der Waals surface area contributed by atoms with Gasteiger partial charge in [0, 0.05) is 27.1 Å². The molecule has 0 radical (unpaired) electrons. The Morgan fingerprint density at radius 2 is 0.950 bits per heavy atom. The maximum atomic E-state index is 5.05. The van der Waals surface area contributed by atoms with Crippen molar-refractivity contribution in [1.82, 2.24) is 15.0 Å². The van der Waals surface area contributed by atoms with Crippen LogP contribution in [-0.4, -0.2) is 15.0 Å². The standard InChI is InChI=1S/C37H23N3/c1-2-7-25(8-3-1)32-19-17-30-22-28(16-18-33(30)38-32)29-13-11-26-14-20-34(39-36(26)23-29)35-21-15-27-12-10-24-6-4-5-9-31(24)37(27)40-35/h1-23H. The van der Waals surface area contributed by atoms with Crippen molar-refractivity contribution in [1.29, 1.82) is 0 Å². The lowest BCUT2D eigenvalue weighted by molar-refractivity contribution is 1.32. The van der Waals surface area contributed by atoms with Gasteiger partial charge in [-0.2, -0.15) is 0 Å². The second-order valence-electron chi connectivity index (χ2n) is 10.1. The number of aromatic nitrogens is 3. The summed E-state index contributed by atoms with van der Waals surface area (Å²) in [5.41, 5.74) is 9.07. The molecule has 0 atom stereocenters. The van der Waals surface area contributed by atoms with E-state index in [-0.39, 0.29) is 0 Å². The molecule has 8 rings (SSSR count). The molecule has 3 aromatic heterocycles. The van der Waals surface area contributed by atoms with Gasteiger partial charge in [-0.15, -0.1) is 0 Å². The molecule has 0 amide bonds. The number of pyridine rings is 3. The molecule has 186 valence electrons. The van der Waals surface area contributed by atoms with E-state index in [0.717, 1.165) is 71.9 Å². The van der Waals surface area contributed by atoms with Crippen molar-refractivity contribution in [2.75, 3.05) is 0 Å². The summed E-state index contributed by atoms with van der Waals surface area (Å²) in [5.74, 6) is 0. The van der Waals surface area contributed by atoms with Crippen LogP contribution in [0.1, 0.15) is 0 Å². The number of fused-ring (bicyclic) bond motifs is 5. The van der Waals surface area contributed by atoms with Crippen molar-refractivity contribution in [2.45, 2.75) is 0 Å². The van der Waals surface area contributed by atoms with E-state index < -0.39 is 0 Å². The lowest BCUT2D eigenvalue weighted by Crippen LogP contribution is -1.91. The minimum atomic E-state index is 0.871. The van der Waals surface area contributed by atoms with Gasteiger partial charge in [0.25, 0.3) is 0 Å². The van der Waals surface area contributed by atoms with E-state index in [1.165, 1.54) is 5.39 Å². The van der Waals surface area contributed by atoms with E-state index in [4.69, 9.17) is 15.0 Å². The molecule has 0 unspecified atom stereocenters. The highest BCUT2D eigenvalue weighted by atomic mass is 14.8. The minimum absolute atomic E-state index is 0.871. The highest BCUT2D eigenvalue weighted by Crippen LogP contribution is 2.30. The molecule has 40 heavy (non-hydrogen) atoms. The highest BCUT2D eigenvalue weighted by molar-refractivity contribution is 6.05. The molecule has 0 aliphatic rings. The second-order valence-corrected chi connectivity index (χ2v) is 10.1. The largest absolute Gasteiger partial charge is 0.248 e. The molecule has 3 nitrogen and oxygen atoms in total. The molecule has 8 aromatic rings. The van der Waals surface area contributed by atoms with Crippen LogP contribution < -0.4 is 0 Å². The smallest absolute Gasteiger partial charge is 0.0894 e. The van der Waals surface area contributed by atoms with Crippen molar-refractivity contribution < 1.29 is 0 Å². The van der Waals surface area contributed by atoms with Crippen molar-refractivity contribution >= 4 is 43.5 Å². The van der Waals surface area contributed by atoms with Crippen molar-refractivity contribution in [3.8, 4) is 33.8 Å². The summed E-state index contributed by atoms with van der Waals surface area (Å²) in [5, 5.41) is 5.71. The zero-order valence-corrected chi connectivity index (χ0v) is 21.6. The van der Waals surface area contributed by atoms with Crippen molar-refractivity contribution in [3.63, 3.8) is 0 Å². The van der Waals surface area contributed by atoms with Crippen LogP contribution in [0.2, 0.25) is 0 Å². The van der Waals surface area contributed by atoms with Crippen LogP contribution in [0, 0.1) is 0 Å². The first-order chi connectivity index (χ1) is 19.8. The quantitative estimate of drug-likeness (QED) is 0.223. The zero-order chi connectivity index (χ0) is 26.5. The molecule has 0 spiro atoms. The van der Waals surface area contributed by atoms with Crippen LogP contribution in [0.5, 0.6) is 0 Å². The molecule has 0 aliphatic carbocycles. The van der Waals surface area contributed by atoms with Gasteiger partial charge >= 0.3 is 0 Å². The van der Waals surface area contributed by atoms with E-state index in [1.807, 2.05) is 18.2 Å². The molecule has 0 fully saturated rings. The molecule has 3 heteroatoms. The number of rotatable bonds is 3. The van der Waals surface area contributed by atoms with Gasteiger partial charge in [0.2, 0.25) is 0 Å². The van der Waals surface area contributed by atoms with Crippen LogP contribution in [0.15, 0.2) is 140 Å². The summed E-state index contributed by atoms with van der Waals surface area (Å²) in [4.78, 5) is 15.0. The molecule has 0 aliphatic heterocycles. The predicted molar refractivity (Wildman–Crippen MR) is 166 cm³/mol. The van der Waals surface area contributed by atoms with E-state index in [2.05, 4.69) is 121 Å². The molecule has 3 heterocycles. The molecular weight excluding hydrogens is 486 g/mol. The van der Waals surface area contributed by atoms with E-state index >= 15 is 0 Å². The monoisotopic (exact) mass is 509 g/mol. The maximum absolute atomic E-state index is 5.05. The Balaban J connectivity index is 1.18. The van der Waals surface area contributed by atoms with Crippen molar-refractivity contribution in [3.05, 3.63) is 140 Å². The van der Waals surface area contributed by atoms with E-state index in [1.54, 1.807) is 0 Å². The summed E-state index contributed by atoms with van der Waals surface area (Å²) in [6.07, 6.45) is 0. The van der Waals surface area contributed by atoms with Gasteiger partial charge in [-0.05, 0) is 52.9 Å². The van der Waals surface area contributed by atoms with Crippen LogP contribution in [-0.2, 0) is 0 Å². The third-order valence-electron chi connectivity index (χ3n) is 7.63. The molecule has 0 saturated carbocycles. The fraction of sp³-hybridized carbons (Fsp3) is 0. The van der Waals surface area contributed by atoms with Crippen LogP contribution in [0.4, 0.5) is 0 Å². The molecular formula is C37H23N3. The summed E-state index contributed by atoms with van der Waals surface area (Å²) in [7, 11) is 0. The Kier molecular flexibility index (Phi) is 5.14. The number of hydrogen-bond acceptors (Lipinski definition) is 3. The fourth-order valence-electron chi connectivity index (χ4n) is 5.51. The Bertz CT molecular complexity index is 2220. The number of benzene rings is 5. The number of hydrogen-bond donors (Lipinski definition) is 0. The Morgan fingerprint density at radius 1 is 0.325 bits per heavy atom. The van der Waals surface area contributed by atoms with Gasteiger partial charge in [-0.25, -0.2) is 15.0 Å². The lowest BCUT2D eigenvalue weighted by Gasteiger charge is -2.09. The first-order valence-electron chi connectivity index (χ1n) is 13.4. The van der Waals surface area contributed by atoms with E-state index in [9.17, 15) is 0 Å². The predicted octanol–water partition coefficient (Wildman–Crippen LogP) is 9.49. The van der Waals surface area contributed by atoms with E-state index in [0.29, 0.717) is 0 Å². The first kappa shape index (κ1) is 22.6. The van der Waals surface area contributed by atoms with Gasteiger partial charge < -0.3 is 0 Å². The summed E-state index contributed by atoms with van der Waals surface area (Å²) >= 11 is 0. The average Bonchev–Trinajstić information content (AvgIpc) is 3.04. The zero-order valence-electron chi connectivity index (χ0n) is 21.6. The molecule has 0 saturated heterocycles. The normalized spacial score (nSPS) is 11.5. The van der Waals surface area contributed by atoms with Crippen LogP contribution in [0.25, 0.3) is 77.3 Å². The summed E-state index contributed by atoms with van der Waals surface area (Å²) in [6.45, 7) is 0. The van der Waals surface area contributed by atoms with Gasteiger partial charge in [-0.3, -0.25) is 0 Å². The highest BCUT2D eigenvalue weighted by Gasteiger charge is 2.09. The van der Waals surface area contributed by atoms with Gasteiger partial charge in [0.05, 0.1) is 33.6 Å². The van der Waals surface area contributed by atoms with Gasteiger partial charge in [-0.1, -0.05) is 103 Å². The summed E-state index contributed by atoms with van der Waals surface area (Å²) < 4.78 is 0. The van der Waals surface area contributed by atoms with Gasteiger partial charge in [0.15, 0.2) is 0 Å². The Labute approximate surface area is 231 Å². The lowest BCUT2D eigenvalue weighted by atomic mass is 10.0. The van der Waals surface area contributed by atoms with Crippen LogP contribution in [0.3, 0.4) is 0 Å². The Hall–Kier alpha value is -5.41. The number of nitrogens with zero attached hydrogens (tertiary/aromatic N) is 3. The summed E-state index contributed by atoms with van der Waals surface area (Å²) in [6, 6.07) is 48.6. The Morgan fingerprint density at radius 3 is 1.88 bits per heavy atom. The molecule has 0 bridgehead atoms. The fourth-order valence-corrected chi connectivity index (χ4v) is 5.51. The first-order valence-corrected chi connectivity index (χ1v) is 13.4. The maximum Gasteiger partial charge on any atom is 0.0894 e. The third kappa shape index (κ3) is 3.88. The molecule has 0 N–H and O–H groups in total. The molecule has 5 aromatic carbocycles. The average molecular weight is 510 g/mol. The van der Waals surface area contributed by atoms with Gasteiger partial charge in [0.1, 0.15) is 0 Å². The third-order valence-corrected chi connectivity index (χ3v) is 7.63. The van der Waals surface area contributed by atoms with Crippen LogP contribution >= 0.6 is 0 Å². The topological polar surface area (TPSA) is 38.7 Å².